The van der Waals surface area contributed by atoms with Crippen LogP contribution in [0.25, 0.3) is 32.6 Å². The summed E-state index contributed by atoms with van der Waals surface area (Å²) >= 11 is 1.67. The molecule has 0 saturated carbocycles. The Balaban J connectivity index is 0.00000274. The van der Waals surface area contributed by atoms with E-state index in [4.69, 9.17) is 10.8 Å². The lowest BCUT2D eigenvalue weighted by Gasteiger charge is -2.10. The first-order valence-corrected chi connectivity index (χ1v) is 11.6. The van der Waals surface area contributed by atoms with E-state index in [0.29, 0.717) is 41.5 Å². The van der Waals surface area contributed by atoms with Crippen molar-refractivity contribution in [1.82, 2.24) is 28.5 Å². The van der Waals surface area contributed by atoms with E-state index in [2.05, 4.69) is 22.5 Å². The lowest BCUT2D eigenvalue weighted by molar-refractivity contribution is 0.498. The van der Waals surface area contributed by atoms with Crippen LogP contribution in [0.5, 0.6) is 0 Å². The number of anilines is 1. The van der Waals surface area contributed by atoms with Crippen molar-refractivity contribution >= 4 is 50.7 Å². The Labute approximate surface area is 205 Å². The zero-order chi connectivity index (χ0) is 23.4. The summed E-state index contributed by atoms with van der Waals surface area (Å²) in [6, 6.07) is 8.19. The SMILES string of the molecule is CC(C)Cn1c(=O)n(C)c(=O)c2c(-c3nc(N)cn3C)n(Cc3csc4ccccc34)nc21.Cl. The molecule has 4 aromatic heterocycles. The highest BCUT2D eigenvalue weighted by atomic mass is 35.5. The van der Waals surface area contributed by atoms with Gasteiger partial charge in [-0.1, -0.05) is 32.0 Å². The fraction of sp³-hybridized carbons (Fsp3) is 0.304. The molecule has 5 aromatic rings. The Morgan fingerprint density at radius 2 is 1.88 bits per heavy atom. The fourth-order valence-corrected chi connectivity index (χ4v) is 5.21. The molecule has 0 aliphatic carbocycles. The van der Waals surface area contributed by atoms with Crippen LogP contribution >= 0.6 is 23.7 Å². The maximum atomic E-state index is 13.4. The third-order valence-corrected chi connectivity index (χ3v) is 6.77. The summed E-state index contributed by atoms with van der Waals surface area (Å²) in [4.78, 5) is 30.8. The number of fused-ring (bicyclic) bond motifs is 2. The molecule has 0 fully saturated rings. The van der Waals surface area contributed by atoms with Crippen molar-refractivity contribution in [2.75, 3.05) is 5.73 Å². The molecular weight excluding hydrogens is 474 g/mol. The zero-order valence-corrected chi connectivity index (χ0v) is 21.0. The van der Waals surface area contributed by atoms with Crippen LogP contribution < -0.4 is 17.0 Å². The van der Waals surface area contributed by atoms with Crippen LogP contribution in [-0.2, 0) is 27.2 Å². The number of aryl methyl sites for hydroxylation is 1. The molecule has 178 valence electrons. The van der Waals surface area contributed by atoms with Crippen molar-refractivity contribution in [3.63, 3.8) is 0 Å². The standard InChI is InChI=1S/C23H25N7O2S.ClH/c1-13(2)9-29-20-18(22(31)28(4)23(29)32)19(21-25-17(24)11-27(21)3)30(26-20)10-14-12-33-16-8-6-5-7-15(14)16;/h5-8,11-13H,9-10,24H2,1-4H3;1H. The van der Waals surface area contributed by atoms with E-state index in [1.807, 2.05) is 33.0 Å². The van der Waals surface area contributed by atoms with Crippen molar-refractivity contribution in [2.45, 2.75) is 26.9 Å². The van der Waals surface area contributed by atoms with Gasteiger partial charge < -0.3 is 10.3 Å². The second-order valence-corrected chi connectivity index (χ2v) is 9.62. The molecular formula is C23H26ClN7O2S. The minimum absolute atomic E-state index is 0. The van der Waals surface area contributed by atoms with E-state index >= 15 is 0 Å². The molecule has 0 bridgehead atoms. The number of halogens is 1. The lowest BCUT2D eigenvalue weighted by atomic mass is 10.2. The van der Waals surface area contributed by atoms with Crippen LogP contribution in [0, 0.1) is 5.92 Å². The molecule has 9 nitrogen and oxygen atoms in total. The molecule has 1 aromatic carbocycles. The summed E-state index contributed by atoms with van der Waals surface area (Å²) in [5, 5.41) is 8.42. The van der Waals surface area contributed by atoms with Gasteiger partial charge in [-0.3, -0.25) is 18.6 Å². The summed E-state index contributed by atoms with van der Waals surface area (Å²) in [6.07, 6.45) is 1.70. The maximum absolute atomic E-state index is 13.4. The van der Waals surface area contributed by atoms with Crippen molar-refractivity contribution in [3.05, 3.63) is 62.2 Å². The second-order valence-electron chi connectivity index (χ2n) is 8.71. The minimum Gasteiger partial charge on any atom is -0.382 e. The first kappa shape index (κ1) is 23.8. The number of nitrogen functional groups attached to an aromatic ring is 1. The van der Waals surface area contributed by atoms with E-state index in [1.165, 1.54) is 11.7 Å². The predicted molar refractivity (Wildman–Crippen MR) is 139 cm³/mol. The van der Waals surface area contributed by atoms with Crippen molar-refractivity contribution in [1.29, 1.82) is 0 Å². The van der Waals surface area contributed by atoms with Crippen LogP contribution in [0.1, 0.15) is 19.4 Å². The van der Waals surface area contributed by atoms with Crippen molar-refractivity contribution in [2.24, 2.45) is 20.0 Å². The quantitative estimate of drug-likeness (QED) is 0.399. The lowest BCUT2D eigenvalue weighted by Crippen LogP contribution is -2.38. The Morgan fingerprint density at radius 1 is 1.15 bits per heavy atom. The summed E-state index contributed by atoms with van der Waals surface area (Å²) in [5.41, 5.74) is 7.21. The molecule has 0 aliphatic heterocycles. The van der Waals surface area contributed by atoms with Crippen LogP contribution in [0.2, 0.25) is 0 Å². The molecule has 0 radical (unpaired) electrons. The fourth-order valence-electron chi connectivity index (χ4n) is 4.26. The van der Waals surface area contributed by atoms with Crippen LogP contribution in [0.15, 0.2) is 45.4 Å². The number of hydrogen-bond donors (Lipinski definition) is 1. The van der Waals surface area contributed by atoms with Crippen LogP contribution in [0.4, 0.5) is 5.82 Å². The average molecular weight is 500 g/mol. The summed E-state index contributed by atoms with van der Waals surface area (Å²) < 4.78 is 7.47. The van der Waals surface area contributed by atoms with Gasteiger partial charge in [-0.05, 0) is 28.3 Å². The van der Waals surface area contributed by atoms with Gasteiger partial charge in [0, 0.05) is 31.5 Å². The number of benzene rings is 1. The topological polar surface area (TPSA) is 106 Å². The Kier molecular flexibility index (Phi) is 6.13. The molecule has 4 heterocycles. The molecule has 2 N–H and O–H groups in total. The molecule has 34 heavy (non-hydrogen) atoms. The Bertz CT molecular complexity index is 1640. The van der Waals surface area contributed by atoms with Gasteiger partial charge in [-0.2, -0.15) is 5.10 Å². The molecule has 0 saturated heterocycles. The van der Waals surface area contributed by atoms with Crippen molar-refractivity contribution < 1.29 is 0 Å². The molecule has 0 atom stereocenters. The van der Waals surface area contributed by atoms with Gasteiger partial charge in [-0.25, -0.2) is 9.78 Å². The van der Waals surface area contributed by atoms with E-state index < -0.39 is 5.56 Å². The molecule has 5 rings (SSSR count). The van der Waals surface area contributed by atoms with Gasteiger partial charge in [0.2, 0.25) is 0 Å². The molecule has 11 heteroatoms. The monoisotopic (exact) mass is 499 g/mol. The van der Waals surface area contributed by atoms with Gasteiger partial charge in [0.1, 0.15) is 16.9 Å². The number of hydrogen-bond acceptors (Lipinski definition) is 6. The van der Waals surface area contributed by atoms with Crippen LogP contribution in [-0.4, -0.2) is 28.5 Å². The highest BCUT2D eigenvalue weighted by Crippen LogP contribution is 2.30. The number of imidazole rings is 1. The minimum atomic E-state index is -0.395. The first-order valence-electron chi connectivity index (χ1n) is 10.7. The predicted octanol–water partition coefficient (Wildman–Crippen LogP) is 3.22. The molecule has 0 unspecified atom stereocenters. The highest BCUT2D eigenvalue weighted by molar-refractivity contribution is 7.17. The van der Waals surface area contributed by atoms with Gasteiger partial charge in [0.05, 0.1) is 6.54 Å². The van der Waals surface area contributed by atoms with Gasteiger partial charge >= 0.3 is 5.69 Å². The number of nitrogens with zero attached hydrogens (tertiary/aromatic N) is 6. The van der Waals surface area contributed by atoms with Gasteiger partial charge in [0.15, 0.2) is 11.5 Å². The largest absolute Gasteiger partial charge is 0.382 e. The summed E-state index contributed by atoms with van der Waals surface area (Å²) in [6.45, 7) is 4.93. The summed E-state index contributed by atoms with van der Waals surface area (Å²) in [7, 11) is 3.33. The van der Waals surface area contributed by atoms with Gasteiger partial charge in [0.25, 0.3) is 5.56 Å². The number of thiophene rings is 1. The zero-order valence-electron chi connectivity index (χ0n) is 19.3. The first-order chi connectivity index (χ1) is 15.8. The van der Waals surface area contributed by atoms with E-state index in [9.17, 15) is 9.59 Å². The smallest absolute Gasteiger partial charge is 0.332 e. The maximum Gasteiger partial charge on any atom is 0.332 e. The van der Waals surface area contributed by atoms with Crippen LogP contribution in [0.3, 0.4) is 0 Å². The Morgan fingerprint density at radius 3 is 2.56 bits per heavy atom. The number of rotatable bonds is 5. The molecule has 0 amide bonds. The Hall–Kier alpha value is -3.37. The number of nitrogens with two attached hydrogens (primary N) is 1. The van der Waals surface area contributed by atoms with E-state index in [0.717, 1.165) is 15.5 Å². The summed E-state index contributed by atoms with van der Waals surface area (Å²) in [5.74, 6) is 1.07. The van der Waals surface area contributed by atoms with Crippen molar-refractivity contribution in [3.8, 4) is 11.5 Å². The normalized spacial score (nSPS) is 11.6. The van der Waals surface area contributed by atoms with E-state index in [1.54, 1.807) is 31.3 Å². The van der Waals surface area contributed by atoms with Gasteiger partial charge in [-0.15, -0.1) is 23.7 Å². The molecule has 0 aliphatic rings. The second kappa shape index (κ2) is 8.77. The highest BCUT2D eigenvalue weighted by Gasteiger charge is 2.25. The molecule has 0 spiro atoms. The third-order valence-electron chi connectivity index (χ3n) is 5.76. The average Bonchev–Trinajstić information content (AvgIpc) is 3.45. The van der Waals surface area contributed by atoms with E-state index in [-0.39, 0.29) is 24.0 Å². The third kappa shape index (κ3) is 3.72. The number of aromatic nitrogens is 6.